The minimum absolute atomic E-state index is 0.0280. The third kappa shape index (κ3) is 11.2. The van der Waals surface area contributed by atoms with Gasteiger partial charge in [-0.05, 0) is 53.9 Å². The zero-order valence-corrected chi connectivity index (χ0v) is 25.5. The van der Waals surface area contributed by atoms with Crippen LogP contribution in [-0.4, -0.2) is 28.6 Å². The highest BCUT2D eigenvalue weighted by atomic mass is 16.5. The number of benzene rings is 3. The Kier molecular flexibility index (Phi) is 13.2. The lowest BCUT2D eigenvalue weighted by Gasteiger charge is -2.09. The number of nitrogens with one attached hydrogen (secondary N) is 2. The fourth-order valence-corrected chi connectivity index (χ4v) is 4.70. The van der Waals surface area contributed by atoms with Gasteiger partial charge in [-0.3, -0.25) is 0 Å². The Bertz CT molecular complexity index is 1410. The van der Waals surface area contributed by atoms with Crippen molar-refractivity contribution in [2.45, 2.75) is 71.1 Å². The molecule has 2 amide bonds. The van der Waals surface area contributed by atoms with E-state index in [1.165, 1.54) is 63.8 Å². The maximum absolute atomic E-state index is 12.6. The molecule has 0 saturated carbocycles. The fraction of sp³-hybridized carbons (Fsp3) is 0.333. The number of rotatable bonds is 17. The number of amides is 2. The first kappa shape index (κ1) is 32.2. The smallest absolute Gasteiger partial charge is 0.381 e. The molecule has 230 valence electrons. The van der Waals surface area contributed by atoms with Crippen LogP contribution >= 0.6 is 0 Å². The molecular formula is C36H42N4O4. The molecule has 2 N–H and O–H groups in total. The summed E-state index contributed by atoms with van der Waals surface area (Å²) >= 11 is 0. The summed E-state index contributed by atoms with van der Waals surface area (Å²) in [5.74, 6) is 0.266. The van der Waals surface area contributed by atoms with Gasteiger partial charge >= 0.3 is 12.0 Å². The lowest BCUT2D eigenvalue weighted by atomic mass is 10.1. The van der Waals surface area contributed by atoms with Crippen LogP contribution in [0.1, 0.15) is 81.8 Å². The number of aromatic nitrogens is 2. The van der Waals surface area contributed by atoms with Crippen LogP contribution in [0.15, 0.2) is 91.3 Å². The van der Waals surface area contributed by atoms with Crippen molar-refractivity contribution in [3.8, 4) is 22.6 Å². The Labute approximate surface area is 260 Å². The molecule has 4 rings (SSSR count). The molecule has 0 aliphatic heterocycles. The van der Waals surface area contributed by atoms with Crippen molar-refractivity contribution in [3.63, 3.8) is 0 Å². The van der Waals surface area contributed by atoms with Crippen LogP contribution in [-0.2, 0) is 0 Å². The molecule has 8 heteroatoms. The summed E-state index contributed by atoms with van der Waals surface area (Å²) in [5.41, 5.74) is 3.27. The quantitative estimate of drug-likeness (QED) is 0.0717. The van der Waals surface area contributed by atoms with Crippen molar-refractivity contribution in [3.05, 3.63) is 97.1 Å². The SMILES string of the molecule is CCCCCCCCCCCCOc1cnc(C(=O)Oc2ccc(-c3ccc(NC(=O)Nc4ccccc4)cc3)cc2)nc1. The van der Waals surface area contributed by atoms with E-state index < -0.39 is 5.97 Å². The first-order valence-corrected chi connectivity index (χ1v) is 15.6. The topological polar surface area (TPSA) is 102 Å². The summed E-state index contributed by atoms with van der Waals surface area (Å²) in [4.78, 5) is 33.0. The molecule has 0 atom stereocenters. The van der Waals surface area contributed by atoms with E-state index in [0.29, 0.717) is 23.8 Å². The van der Waals surface area contributed by atoms with Gasteiger partial charge in [0.05, 0.1) is 19.0 Å². The van der Waals surface area contributed by atoms with Crippen LogP contribution in [0.3, 0.4) is 0 Å². The maximum atomic E-state index is 12.6. The molecule has 4 aromatic rings. The molecule has 0 unspecified atom stereocenters. The molecule has 0 bridgehead atoms. The van der Waals surface area contributed by atoms with Crippen LogP contribution < -0.4 is 20.1 Å². The highest BCUT2D eigenvalue weighted by molar-refractivity contribution is 5.99. The van der Waals surface area contributed by atoms with Gasteiger partial charge in [0, 0.05) is 11.4 Å². The first-order valence-electron chi connectivity index (χ1n) is 15.6. The molecule has 44 heavy (non-hydrogen) atoms. The maximum Gasteiger partial charge on any atom is 0.381 e. The number of ether oxygens (including phenoxy) is 2. The summed E-state index contributed by atoms with van der Waals surface area (Å²) in [7, 11) is 0. The third-order valence-corrected chi connectivity index (χ3v) is 7.15. The van der Waals surface area contributed by atoms with Crippen molar-refractivity contribution in [2.75, 3.05) is 17.2 Å². The monoisotopic (exact) mass is 594 g/mol. The largest absolute Gasteiger partial charge is 0.490 e. The van der Waals surface area contributed by atoms with Crippen LogP contribution in [0.2, 0.25) is 0 Å². The summed E-state index contributed by atoms with van der Waals surface area (Å²) in [5, 5.41) is 5.61. The van der Waals surface area contributed by atoms with Crippen molar-refractivity contribution >= 4 is 23.4 Å². The van der Waals surface area contributed by atoms with Crippen molar-refractivity contribution < 1.29 is 19.1 Å². The molecule has 0 saturated heterocycles. The van der Waals surface area contributed by atoms with Gasteiger partial charge in [0.1, 0.15) is 5.75 Å². The minimum atomic E-state index is -0.636. The lowest BCUT2D eigenvalue weighted by molar-refractivity contribution is 0.0721. The van der Waals surface area contributed by atoms with Crippen LogP contribution in [0.4, 0.5) is 16.2 Å². The number of para-hydroxylation sites is 1. The number of carbonyl (C=O) groups is 2. The standard InChI is InChI=1S/C36H42N4O4/c1-2-3-4-5-6-7-8-9-10-14-25-43-33-26-37-34(38-27-33)35(41)44-32-23-19-29(20-24-32)28-17-21-31(22-18-28)40-36(42)39-30-15-12-11-13-16-30/h11-13,15-24,26-27H,2-10,14,25H2,1H3,(H2,39,40,42). The van der Waals surface area contributed by atoms with Crippen LogP contribution in [0.5, 0.6) is 11.5 Å². The zero-order valence-electron chi connectivity index (χ0n) is 25.5. The second kappa shape index (κ2) is 18.1. The van der Waals surface area contributed by atoms with Gasteiger partial charge in [-0.2, -0.15) is 0 Å². The van der Waals surface area contributed by atoms with E-state index in [1.807, 2.05) is 66.7 Å². The van der Waals surface area contributed by atoms with Gasteiger partial charge in [0.25, 0.3) is 0 Å². The number of unbranched alkanes of at least 4 members (excludes halogenated alkanes) is 9. The Balaban J connectivity index is 1.15. The molecule has 1 aromatic heterocycles. The number of esters is 1. The van der Waals surface area contributed by atoms with E-state index in [4.69, 9.17) is 9.47 Å². The van der Waals surface area contributed by atoms with Gasteiger partial charge in [0.15, 0.2) is 5.75 Å². The van der Waals surface area contributed by atoms with E-state index in [9.17, 15) is 9.59 Å². The predicted molar refractivity (Wildman–Crippen MR) is 175 cm³/mol. The molecule has 0 radical (unpaired) electrons. The van der Waals surface area contributed by atoms with E-state index in [2.05, 4.69) is 27.5 Å². The second-order valence-corrected chi connectivity index (χ2v) is 10.7. The Morgan fingerprint density at radius 2 is 1.14 bits per heavy atom. The Morgan fingerprint density at radius 3 is 1.73 bits per heavy atom. The van der Waals surface area contributed by atoms with Gasteiger partial charge in [-0.25, -0.2) is 19.6 Å². The molecule has 3 aromatic carbocycles. The van der Waals surface area contributed by atoms with Crippen molar-refractivity contribution in [1.82, 2.24) is 9.97 Å². The number of hydrogen-bond donors (Lipinski definition) is 2. The van der Waals surface area contributed by atoms with E-state index in [1.54, 1.807) is 12.1 Å². The van der Waals surface area contributed by atoms with Gasteiger partial charge in [-0.1, -0.05) is 107 Å². The van der Waals surface area contributed by atoms with Crippen molar-refractivity contribution in [1.29, 1.82) is 0 Å². The molecular weight excluding hydrogens is 552 g/mol. The summed E-state index contributed by atoms with van der Waals surface area (Å²) in [6.45, 7) is 2.86. The van der Waals surface area contributed by atoms with Crippen LogP contribution in [0.25, 0.3) is 11.1 Å². The number of nitrogens with zero attached hydrogens (tertiary/aromatic N) is 2. The highest BCUT2D eigenvalue weighted by Gasteiger charge is 2.13. The molecule has 8 nitrogen and oxygen atoms in total. The lowest BCUT2D eigenvalue weighted by Crippen LogP contribution is -2.19. The summed E-state index contributed by atoms with van der Waals surface area (Å²) in [6.07, 6.45) is 15.7. The minimum Gasteiger partial charge on any atom is -0.490 e. The van der Waals surface area contributed by atoms with E-state index in [0.717, 1.165) is 29.7 Å². The second-order valence-electron chi connectivity index (χ2n) is 10.7. The number of urea groups is 1. The summed E-state index contributed by atoms with van der Waals surface area (Å²) < 4.78 is 11.2. The normalized spacial score (nSPS) is 10.7. The molecule has 0 aliphatic carbocycles. The molecule has 0 fully saturated rings. The van der Waals surface area contributed by atoms with Crippen molar-refractivity contribution in [2.24, 2.45) is 0 Å². The van der Waals surface area contributed by atoms with Gasteiger partial charge < -0.3 is 20.1 Å². The highest BCUT2D eigenvalue weighted by Crippen LogP contribution is 2.24. The van der Waals surface area contributed by atoms with Gasteiger partial charge in [0.2, 0.25) is 5.82 Å². The Morgan fingerprint density at radius 1 is 0.614 bits per heavy atom. The first-order chi connectivity index (χ1) is 21.6. The number of carbonyl (C=O) groups excluding carboxylic acids is 2. The average Bonchev–Trinajstić information content (AvgIpc) is 3.05. The summed E-state index contributed by atoms with van der Waals surface area (Å²) in [6, 6.07) is 23.6. The zero-order chi connectivity index (χ0) is 30.8. The van der Waals surface area contributed by atoms with Gasteiger partial charge in [-0.15, -0.1) is 0 Å². The predicted octanol–water partition coefficient (Wildman–Crippen LogP) is 9.31. The van der Waals surface area contributed by atoms with E-state index >= 15 is 0 Å². The van der Waals surface area contributed by atoms with E-state index in [-0.39, 0.29) is 11.9 Å². The molecule has 0 aliphatic rings. The number of hydrogen-bond acceptors (Lipinski definition) is 6. The molecule has 1 heterocycles. The Hall–Kier alpha value is -4.72. The molecule has 0 spiro atoms. The average molecular weight is 595 g/mol. The fourth-order valence-electron chi connectivity index (χ4n) is 4.70. The third-order valence-electron chi connectivity index (χ3n) is 7.15. The van der Waals surface area contributed by atoms with Crippen LogP contribution in [0, 0.1) is 0 Å². The number of anilines is 2.